The summed E-state index contributed by atoms with van der Waals surface area (Å²) in [5, 5.41) is 4.57. The quantitative estimate of drug-likeness (QED) is 0.162. The number of benzene rings is 7. The average Bonchev–Trinajstić information content (AvgIpc) is 3.93. The summed E-state index contributed by atoms with van der Waals surface area (Å²) in [4.78, 5) is 15.7. The number of para-hydroxylation sites is 3. The zero-order valence-electron chi connectivity index (χ0n) is 32.2. The molecule has 0 saturated carbocycles. The van der Waals surface area contributed by atoms with Crippen molar-refractivity contribution >= 4 is 54.6 Å². The SMILES string of the molecule is CC(C)(C)c1ccc2c3ccc(-c4cccc5c4nc(-c4cccc6c4[n-]c4cc(-c7ccccc7)ccc46)n5-c4ccccc4)[c-]c3n(-c3ccccn3)c2c1.[Pt+2]. The van der Waals surface area contributed by atoms with Crippen LogP contribution in [-0.4, -0.2) is 19.1 Å². The van der Waals surface area contributed by atoms with Gasteiger partial charge in [0.05, 0.1) is 11.0 Å². The molecule has 6 heteroatoms. The maximum atomic E-state index is 5.55. The number of imidazole rings is 1. The van der Waals surface area contributed by atoms with Crippen LogP contribution in [0.2, 0.25) is 0 Å². The average molecular weight is 927 g/mol. The maximum absolute atomic E-state index is 5.55. The number of fused-ring (bicyclic) bond motifs is 7. The Bertz CT molecular complexity index is 3310. The number of nitrogens with zero attached hydrogens (tertiary/aromatic N) is 5. The van der Waals surface area contributed by atoms with Gasteiger partial charge in [0.15, 0.2) is 0 Å². The van der Waals surface area contributed by atoms with Gasteiger partial charge in [-0.05, 0) is 80.2 Å². The minimum absolute atomic E-state index is 0. The van der Waals surface area contributed by atoms with Crippen molar-refractivity contribution in [1.82, 2.24) is 24.1 Å². The van der Waals surface area contributed by atoms with Gasteiger partial charge < -0.3 is 9.55 Å². The molecule has 0 fully saturated rings. The second-order valence-electron chi connectivity index (χ2n) is 15.8. The summed E-state index contributed by atoms with van der Waals surface area (Å²) in [6.07, 6.45) is 1.86. The van der Waals surface area contributed by atoms with Gasteiger partial charge in [-0.3, -0.25) is 4.57 Å². The molecule has 0 amide bonds. The van der Waals surface area contributed by atoms with Crippen molar-refractivity contribution in [3.05, 3.63) is 182 Å². The first kappa shape index (κ1) is 35.8. The van der Waals surface area contributed by atoms with E-state index in [-0.39, 0.29) is 26.5 Å². The van der Waals surface area contributed by atoms with Gasteiger partial charge in [-0.15, -0.1) is 34.8 Å². The van der Waals surface area contributed by atoms with E-state index < -0.39 is 0 Å². The minimum Gasteiger partial charge on any atom is -0.656 e. The van der Waals surface area contributed by atoms with E-state index in [2.05, 4.69) is 182 Å². The number of hydrogen-bond acceptors (Lipinski definition) is 2. The first-order valence-corrected chi connectivity index (χ1v) is 19.5. The molecule has 4 aromatic heterocycles. The van der Waals surface area contributed by atoms with Crippen molar-refractivity contribution in [3.8, 4) is 45.1 Å². The molecule has 0 bridgehead atoms. The zero-order chi connectivity index (χ0) is 38.3. The molecule has 4 heterocycles. The summed E-state index contributed by atoms with van der Waals surface area (Å²) in [6, 6.07) is 61.7. The van der Waals surface area contributed by atoms with E-state index >= 15 is 0 Å². The molecule has 0 saturated heterocycles. The molecule has 0 aliphatic heterocycles. The van der Waals surface area contributed by atoms with Crippen LogP contribution in [0.5, 0.6) is 0 Å². The Balaban J connectivity index is 0.00000408. The van der Waals surface area contributed by atoms with Gasteiger partial charge in [0.2, 0.25) is 0 Å². The summed E-state index contributed by atoms with van der Waals surface area (Å²) in [5.74, 6) is 1.71. The molecule has 0 aliphatic carbocycles. The van der Waals surface area contributed by atoms with Crippen LogP contribution in [-0.2, 0) is 26.5 Å². The van der Waals surface area contributed by atoms with Gasteiger partial charge in [0.25, 0.3) is 0 Å². The molecule has 0 aliphatic rings. The third-order valence-corrected chi connectivity index (χ3v) is 11.3. The third kappa shape index (κ3) is 5.72. The molecule has 0 N–H and O–H groups in total. The summed E-state index contributed by atoms with van der Waals surface area (Å²) in [7, 11) is 0. The molecule has 280 valence electrons. The number of aromatic nitrogens is 5. The monoisotopic (exact) mass is 926 g/mol. The van der Waals surface area contributed by atoms with Crippen molar-refractivity contribution < 1.29 is 21.1 Å². The van der Waals surface area contributed by atoms with E-state index in [0.29, 0.717) is 0 Å². The molecule has 0 atom stereocenters. The number of rotatable bonds is 5. The molecule has 5 nitrogen and oxygen atoms in total. The van der Waals surface area contributed by atoms with Gasteiger partial charge in [-0.2, -0.15) is 0 Å². The smallest absolute Gasteiger partial charge is 0.656 e. The fraction of sp³-hybridized carbons (Fsp3) is 0.0769. The van der Waals surface area contributed by atoms with Crippen LogP contribution >= 0.6 is 0 Å². The van der Waals surface area contributed by atoms with Crippen molar-refractivity contribution in [3.63, 3.8) is 0 Å². The van der Waals surface area contributed by atoms with Crippen LogP contribution in [0.4, 0.5) is 0 Å². The molecular formula is C52H37N5Pt. The molecule has 58 heavy (non-hydrogen) atoms. The summed E-state index contributed by atoms with van der Waals surface area (Å²) >= 11 is 0. The minimum atomic E-state index is -0.000554. The van der Waals surface area contributed by atoms with Crippen LogP contribution < -0.4 is 4.98 Å². The summed E-state index contributed by atoms with van der Waals surface area (Å²) in [6.45, 7) is 6.77. The molecule has 11 rings (SSSR count). The third-order valence-electron chi connectivity index (χ3n) is 11.3. The molecule has 0 radical (unpaired) electrons. The van der Waals surface area contributed by atoms with Crippen LogP contribution in [0.15, 0.2) is 170 Å². The Morgan fingerprint density at radius 2 is 1.31 bits per heavy atom. The Kier molecular flexibility index (Phi) is 8.54. The predicted molar refractivity (Wildman–Crippen MR) is 235 cm³/mol. The molecule has 11 aromatic rings. The molecule has 7 aromatic carbocycles. The zero-order valence-corrected chi connectivity index (χ0v) is 34.5. The van der Waals surface area contributed by atoms with Crippen LogP contribution in [0.25, 0.3) is 99.8 Å². The number of hydrogen-bond donors (Lipinski definition) is 0. The van der Waals surface area contributed by atoms with Crippen molar-refractivity contribution in [1.29, 1.82) is 0 Å². The van der Waals surface area contributed by atoms with E-state index in [1.165, 1.54) is 16.5 Å². The van der Waals surface area contributed by atoms with Crippen LogP contribution in [0, 0.1) is 6.07 Å². The topological polar surface area (TPSA) is 49.7 Å². The normalized spacial score (nSPS) is 11.9. The van der Waals surface area contributed by atoms with Crippen molar-refractivity contribution in [2.75, 3.05) is 0 Å². The van der Waals surface area contributed by atoms with Gasteiger partial charge in [-0.1, -0.05) is 147 Å². The van der Waals surface area contributed by atoms with E-state index in [1.54, 1.807) is 0 Å². The van der Waals surface area contributed by atoms with Crippen molar-refractivity contribution in [2.24, 2.45) is 0 Å². The summed E-state index contributed by atoms with van der Waals surface area (Å²) < 4.78 is 4.53. The standard InChI is InChI=1S/C52H37N5.Pt/c1-52(2,3)36-25-28-41-40-27-24-35(31-46(40)57(47(41)32-36)48-22-10-11-29-53-48)38-18-13-21-45-50(38)55-51(56(45)37-16-8-5-9-17-37)43-20-12-19-42-39-26-23-34(30-44(39)54-49(42)43)33-14-6-4-7-15-33;/h4-30,32H,1-3H3;/q-2;+2. The fourth-order valence-corrected chi connectivity index (χ4v) is 8.47. The van der Waals surface area contributed by atoms with Gasteiger partial charge >= 0.3 is 21.1 Å². The van der Waals surface area contributed by atoms with Gasteiger partial charge in [0.1, 0.15) is 11.6 Å². The Morgan fingerprint density at radius 1 is 0.569 bits per heavy atom. The van der Waals surface area contributed by atoms with E-state index in [1.807, 2.05) is 24.4 Å². The summed E-state index contributed by atoms with van der Waals surface area (Å²) in [5.41, 5.74) is 13.6. The molecule has 0 unspecified atom stereocenters. The Morgan fingerprint density at radius 3 is 2.10 bits per heavy atom. The first-order chi connectivity index (χ1) is 27.9. The van der Waals surface area contributed by atoms with E-state index in [0.717, 1.165) is 88.8 Å². The Labute approximate surface area is 350 Å². The fourth-order valence-electron chi connectivity index (χ4n) is 8.47. The molecular weight excluding hydrogens is 890 g/mol. The number of pyridine rings is 1. The van der Waals surface area contributed by atoms with E-state index in [9.17, 15) is 0 Å². The predicted octanol–water partition coefficient (Wildman–Crippen LogP) is 12.9. The molecule has 0 spiro atoms. The Hall–Kier alpha value is -6.55. The van der Waals surface area contributed by atoms with Gasteiger partial charge in [-0.25, -0.2) is 9.97 Å². The van der Waals surface area contributed by atoms with Crippen LogP contribution in [0.1, 0.15) is 26.3 Å². The van der Waals surface area contributed by atoms with E-state index in [4.69, 9.17) is 15.0 Å². The second-order valence-corrected chi connectivity index (χ2v) is 15.8. The first-order valence-electron chi connectivity index (χ1n) is 19.5. The van der Waals surface area contributed by atoms with Gasteiger partial charge in [0, 0.05) is 23.0 Å². The maximum Gasteiger partial charge on any atom is 2.00 e. The second kappa shape index (κ2) is 13.8. The van der Waals surface area contributed by atoms with Crippen molar-refractivity contribution in [2.45, 2.75) is 26.2 Å². The van der Waals surface area contributed by atoms with Crippen LogP contribution in [0.3, 0.4) is 0 Å². The largest absolute Gasteiger partial charge is 2.00 e.